The molecule has 1 aliphatic heterocycles. The Labute approximate surface area is 246 Å². The van der Waals surface area contributed by atoms with E-state index >= 15 is 0 Å². The van der Waals surface area contributed by atoms with E-state index in [0.717, 1.165) is 47.3 Å². The average Bonchev–Trinajstić information content (AvgIpc) is 2.99. The highest BCUT2D eigenvalue weighted by molar-refractivity contribution is 7.97. The Hall–Kier alpha value is -3.89. The van der Waals surface area contributed by atoms with Crippen molar-refractivity contribution >= 4 is 35.4 Å². The number of nitrogens with two attached hydrogens (primary N) is 2. The number of hydrogen-bond acceptors (Lipinski definition) is 7. The maximum Gasteiger partial charge on any atom is 0.240 e. The van der Waals surface area contributed by atoms with E-state index in [4.69, 9.17) is 16.9 Å². The van der Waals surface area contributed by atoms with Crippen LogP contribution in [0.1, 0.15) is 43.2 Å². The van der Waals surface area contributed by atoms with Crippen molar-refractivity contribution < 1.29 is 9.59 Å². The lowest BCUT2D eigenvalue weighted by Gasteiger charge is -2.34. The number of likely N-dealkylation sites (tertiary alicyclic amines) is 1. The highest BCUT2D eigenvalue weighted by Crippen LogP contribution is 2.27. The van der Waals surface area contributed by atoms with E-state index < -0.39 is 6.04 Å². The van der Waals surface area contributed by atoms with E-state index in [-0.39, 0.29) is 17.6 Å². The van der Waals surface area contributed by atoms with Gasteiger partial charge in [0.15, 0.2) is 0 Å². The van der Waals surface area contributed by atoms with Gasteiger partial charge < -0.3 is 21.7 Å². The van der Waals surface area contributed by atoms with Crippen molar-refractivity contribution in [1.29, 1.82) is 5.41 Å². The summed E-state index contributed by atoms with van der Waals surface area (Å²) < 4.78 is 3.44. The van der Waals surface area contributed by atoms with Gasteiger partial charge in [-0.2, -0.15) is 0 Å². The minimum atomic E-state index is -0.464. The molecule has 9 nitrogen and oxygen atoms in total. The zero-order chi connectivity index (χ0) is 29.2. The smallest absolute Gasteiger partial charge is 0.240 e. The number of hydrogen-bond donors (Lipinski definition) is 5. The Morgan fingerprint density at radius 2 is 1.88 bits per heavy atom. The van der Waals surface area contributed by atoms with Gasteiger partial charge in [0.25, 0.3) is 0 Å². The lowest BCUT2D eigenvalue weighted by atomic mass is 9.91. The molecule has 10 heteroatoms. The molecule has 1 atom stereocenters. The Morgan fingerprint density at radius 1 is 1.10 bits per heavy atom. The molecule has 0 unspecified atom stereocenters. The fourth-order valence-corrected chi connectivity index (χ4v) is 5.87. The summed E-state index contributed by atoms with van der Waals surface area (Å²) in [6.07, 6.45) is 6.54. The largest absolute Gasteiger partial charge is 0.384 e. The zero-order valence-corrected chi connectivity index (χ0v) is 24.3. The van der Waals surface area contributed by atoms with Crippen LogP contribution in [0.25, 0.3) is 11.1 Å². The molecule has 1 aliphatic rings. The number of amides is 2. The van der Waals surface area contributed by atoms with Crippen molar-refractivity contribution in [2.45, 2.75) is 49.5 Å². The van der Waals surface area contributed by atoms with E-state index in [0.29, 0.717) is 43.2 Å². The molecule has 0 radical (unpaired) electrons. The molecule has 216 valence electrons. The van der Waals surface area contributed by atoms with Crippen LogP contribution in [0.3, 0.4) is 0 Å². The molecule has 0 aliphatic carbocycles. The lowest BCUT2D eigenvalue weighted by Crippen LogP contribution is -2.48. The number of pyridine rings is 1. The molecule has 0 saturated carbocycles. The van der Waals surface area contributed by atoms with Crippen LogP contribution in [0.5, 0.6) is 0 Å². The molecule has 41 heavy (non-hydrogen) atoms. The number of nitrogen functional groups attached to an aromatic ring is 2. The molecule has 0 bridgehead atoms. The maximum absolute atomic E-state index is 13.8. The molecule has 2 aromatic carbocycles. The Bertz CT molecular complexity index is 1340. The molecule has 0 spiro atoms. The summed E-state index contributed by atoms with van der Waals surface area (Å²) in [6, 6.07) is 18.8. The lowest BCUT2D eigenvalue weighted by molar-refractivity contribution is -0.134. The fraction of sp³-hybridized carbons (Fsp3) is 0.355. The molecule has 3 aromatic rings. The third-order valence-electron chi connectivity index (χ3n) is 7.47. The molecular weight excluding hydrogens is 534 g/mol. The monoisotopic (exact) mass is 573 g/mol. The molecular formula is C31H39N7O2S. The summed E-state index contributed by atoms with van der Waals surface area (Å²) in [5, 5.41) is 10.5. The van der Waals surface area contributed by atoms with Crippen LogP contribution >= 0.6 is 11.9 Å². The van der Waals surface area contributed by atoms with Gasteiger partial charge >= 0.3 is 0 Å². The predicted molar refractivity (Wildman–Crippen MR) is 165 cm³/mol. The van der Waals surface area contributed by atoms with Gasteiger partial charge in [-0.3, -0.25) is 15.0 Å². The third-order valence-corrected chi connectivity index (χ3v) is 8.36. The van der Waals surface area contributed by atoms with E-state index in [1.54, 1.807) is 25.4 Å². The van der Waals surface area contributed by atoms with Crippen molar-refractivity contribution in [3.8, 4) is 11.1 Å². The second kappa shape index (κ2) is 14.7. The fourth-order valence-electron chi connectivity index (χ4n) is 5.07. The van der Waals surface area contributed by atoms with Crippen LogP contribution in [-0.2, 0) is 16.0 Å². The first-order chi connectivity index (χ1) is 19.8. The average molecular weight is 574 g/mol. The van der Waals surface area contributed by atoms with Gasteiger partial charge in [0, 0.05) is 48.8 Å². The highest BCUT2D eigenvalue weighted by Gasteiger charge is 2.29. The molecule has 4 rings (SSSR count). The summed E-state index contributed by atoms with van der Waals surface area (Å²) in [7, 11) is 1.67. The van der Waals surface area contributed by atoms with Gasteiger partial charge in [-0.25, -0.2) is 9.71 Å². The van der Waals surface area contributed by atoms with Gasteiger partial charge in [-0.05, 0) is 91.4 Å². The summed E-state index contributed by atoms with van der Waals surface area (Å²) >= 11 is 1.43. The molecule has 1 aromatic heterocycles. The Morgan fingerprint density at radius 3 is 2.59 bits per heavy atom. The normalized spacial score (nSPS) is 14.4. The molecule has 1 saturated heterocycles. The van der Waals surface area contributed by atoms with Crippen molar-refractivity contribution in [2.24, 2.45) is 11.7 Å². The number of piperidine rings is 1. The van der Waals surface area contributed by atoms with Crippen molar-refractivity contribution in [1.82, 2.24) is 19.9 Å². The Kier molecular flexibility index (Phi) is 10.8. The molecule has 7 N–H and O–H groups in total. The standard InChI is InChI=1S/C31H39N7O2S/c1-35-29(39)10-3-5-21-13-15-38(16-14-21)31(40)27(18-22-6-2-8-24(17-22)30(33)34)37-41-26-9-4-7-23(19-26)25-11-12-28(32)36-20-25/h2,4,6-9,11-12,17,19-21,27,37H,3,5,10,13-16,18H2,1H3,(H2,32,36)(H3,33,34)(H,35,39)/t27-/m0/s1. The van der Waals surface area contributed by atoms with Crippen LogP contribution in [-0.4, -0.2) is 53.7 Å². The number of rotatable bonds is 12. The number of nitrogens with zero attached hydrogens (tertiary/aromatic N) is 2. The van der Waals surface area contributed by atoms with Gasteiger partial charge in [0.2, 0.25) is 11.8 Å². The summed E-state index contributed by atoms with van der Waals surface area (Å²) in [5.74, 6) is 1.15. The molecule has 2 heterocycles. The van der Waals surface area contributed by atoms with Gasteiger partial charge in [-0.1, -0.05) is 30.3 Å². The summed E-state index contributed by atoms with van der Waals surface area (Å²) in [4.78, 5) is 32.5. The number of aromatic nitrogens is 1. The van der Waals surface area contributed by atoms with Crippen LogP contribution in [0.4, 0.5) is 5.82 Å². The second-order valence-corrected chi connectivity index (χ2v) is 11.3. The van der Waals surface area contributed by atoms with E-state index in [1.807, 2.05) is 47.4 Å². The first kappa shape index (κ1) is 30.1. The van der Waals surface area contributed by atoms with E-state index in [2.05, 4.69) is 21.1 Å². The minimum Gasteiger partial charge on any atom is -0.384 e. The molecule has 2 amide bonds. The zero-order valence-electron chi connectivity index (χ0n) is 23.4. The second-order valence-electron chi connectivity index (χ2n) is 10.4. The maximum atomic E-state index is 13.8. The highest BCUT2D eigenvalue weighted by atomic mass is 32.2. The van der Waals surface area contributed by atoms with Crippen LogP contribution in [0, 0.1) is 11.3 Å². The summed E-state index contributed by atoms with van der Waals surface area (Å²) in [6.45, 7) is 1.42. The quantitative estimate of drug-likeness (QED) is 0.125. The van der Waals surface area contributed by atoms with E-state index in [1.165, 1.54) is 11.9 Å². The third kappa shape index (κ3) is 8.80. The first-order valence-electron chi connectivity index (χ1n) is 14.0. The van der Waals surface area contributed by atoms with Crippen molar-refractivity contribution in [2.75, 3.05) is 25.9 Å². The predicted octanol–water partition coefficient (Wildman–Crippen LogP) is 3.98. The number of carbonyl (C=O) groups excluding carboxylic acids is 2. The first-order valence-corrected chi connectivity index (χ1v) is 14.8. The minimum absolute atomic E-state index is 0.00419. The van der Waals surface area contributed by atoms with Gasteiger partial charge in [0.1, 0.15) is 17.7 Å². The Balaban J connectivity index is 1.43. The van der Waals surface area contributed by atoms with Crippen LogP contribution in [0.2, 0.25) is 0 Å². The van der Waals surface area contributed by atoms with Gasteiger partial charge in [0.05, 0.1) is 0 Å². The van der Waals surface area contributed by atoms with Crippen molar-refractivity contribution in [3.63, 3.8) is 0 Å². The number of amidine groups is 1. The van der Waals surface area contributed by atoms with Gasteiger partial charge in [-0.15, -0.1) is 0 Å². The molecule has 1 fully saturated rings. The number of benzene rings is 2. The van der Waals surface area contributed by atoms with Crippen LogP contribution in [0.15, 0.2) is 71.8 Å². The number of nitrogens with one attached hydrogen (secondary N) is 3. The summed E-state index contributed by atoms with van der Waals surface area (Å²) in [5.41, 5.74) is 15.0. The number of anilines is 1. The topological polar surface area (TPSA) is 150 Å². The van der Waals surface area contributed by atoms with Crippen molar-refractivity contribution in [3.05, 3.63) is 78.0 Å². The van der Waals surface area contributed by atoms with Crippen LogP contribution < -0.4 is 21.5 Å². The van der Waals surface area contributed by atoms with E-state index in [9.17, 15) is 9.59 Å². The number of carbonyl (C=O) groups is 2. The SMILES string of the molecule is CNC(=O)CCCC1CCN(C(=O)[C@H](Cc2cccc(C(=N)N)c2)NSc2cccc(-c3ccc(N)nc3)c2)CC1.